The number of primary amides is 1. The second kappa shape index (κ2) is 9.31. The third-order valence-corrected chi connectivity index (χ3v) is 4.25. The molecule has 1 fully saturated rings. The van der Waals surface area contributed by atoms with E-state index in [1.165, 1.54) is 23.1 Å². The molecule has 0 spiro atoms. The van der Waals surface area contributed by atoms with Crippen LogP contribution in [0.2, 0.25) is 0 Å². The Hall–Kier alpha value is -3.68. The Balaban J connectivity index is 0.000000209. The summed E-state index contributed by atoms with van der Waals surface area (Å²) in [4.78, 5) is 45.5. The summed E-state index contributed by atoms with van der Waals surface area (Å²) in [5, 5.41) is 17.0. The molecule has 1 heterocycles. The summed E-state index contributed by atoms with van der Waals surface area (Å²) in [6.45, 7) is 0.582. The molecule has 0 aliphatic carbocycles. The van der Waals surface area contributed by atoms with Crippen molar-refractivity contribution in [1.29, 1.82) is 0 Å². The van der Waals surface area contributed by atoms with Crippen LogP contribution in [0.15, 0.2) is 54.6 Å². The number of hydrogen-bond donors (Lipinski definition) is 3. The van der Waals surface area contributed by atoms with Crippen molar-refractivity contribution < 1.29 is 29.4 Å². The van der Waals surface area contributed by atoms with Gasteiger partial charge in [-0.15, -0.1) is 0 Å². The van der Waals surface area contributed by atoms with Crippen LogP contribution in [0.25, 0.3) is 0 Å². The SMILES string of the molecule is NC(=O)N1CCC[C@H]1C(=O)c1ccccc1.O=C(O)c1cccc(C(=O)O)c1. The maximum absolute atomic E-state index is 12.1. The molecule has 0 aromatic heterocycles. The van der Waals surface area contributed by atoms with Crippen LogP contribution in [0, 0.1) is 0 Å². The van der Waals surface area contributed by atoms with E-state index in [0.29, 0.717) is 18.5 Å². The maximum Gasteiger partial charge on any atom is 0.335 e. The van der Waals surface area contributed by atoms with Gasteiger partial charge in [-0.1, -0.05) is 36.4 Å². The lowest BCUT2D eigenvalue weighted by Crippen LogP contribution is -2.43. The summed E-state index contributed by atoms with van der Waals surface area (Å²) in [5.41, 5.74) is 5.84. The smallest absolute Gasteiger partial charge is 0.335 e. The third-order valence-electron chi connectivity index (χ3n) is 4.25. The first-order valence-corrected chi connectivity index (χ1v) is 8.53. The monoisotopic (exact) mass is 384 g/mol. The van der Waals surface area contributed by atoms with E-state index in [0.717, 1.165) is 12.5 Å². The molecule has 1 aliphatic heterocycles. The Morgan fingerprint density at radius 3 is 1.89 bits per heavy atom. The summed E-state index contributed by atoms with van der Waals surface area (Å²) in [5.74, 6) is -2.27. The van der Waals surface area contributed by atoms with E-state index in [1.54, 1.807) is 12.1 Å². The van der Waals surface area contributed by atoms with Crippen LogP contribution in [0.5, 0.6) is 0 Å². The highest BCUT2D eigenvalue weighted by molar-refractivity contribution is 6.01. The number of carbonyl (C=O) groups excluding carboxylic acids is 2. The molecule has 1 aliphatic rings. The van der Waals surface area contributed by atoms with E-state index < -0.39 is 18.0 Å². The summed E-state index contributed by atoms with van der Waals surface area (Å²) >= 11 is 0. The van der Waals surface area contributed by atoms with Gasteiger partial charge >= 0.3 is 18.0 Å². The van der Waals surface area contributed by atoms with Crippen LogP contribution >= 0.6 is 0 Å². The minimum atomic E-state index is -1.13. The first-order valence-electron chi connectivity index (χ1n) is 8.53. The summed E-state index contributed by atoms with van der Waals surface area (Å²) in [6.07, 6.45) is 1.54. The van der Waals surface area contributed by atoms with E-state index in [1.807, 2.05) is 18.2 Å². The zero-order valence-corrected chi connectivity index (χ0v) is 14.9. The molecule has 0 radical (unpaired) electrons. The zero-order valence-electron chi connectivity index (χ0n) is 14.9. The molecule has 8 heteroatoms. The van der Waals surface area contributed by atoms with Gasteiger partial charge in [-0.25, -0.2) is 14.4 Å². The van der Waals surface area contributed by atoms with Crippen LogP contribution in [0.3, 0.4) is 0 Å². The van der Waals surface area contributed by atoms with Crippen molar-refractivity contribution in [2.24, 2.45) is 5.73 Å². The van der Waals surface area contributed by atoms with Crippen LogP contribution in [0.1, 0.15) is 43.9 Å². The van der Waals surface area contributed by atoms with Gasteiger partial charge in [0.2, 0.25) is 0 Å². The number of likely N-dealkylation sites (tertiary alicyclic amines) is 1. The number of carbonyl (C=O) groups is 4. The number of rotatable bonds is 4. The fourth-order valence-corrected chi connectivity index (χ4v) is 2.88. The van der Waals surface area contributed by atoms with Crippen LogP contribution in [0.4, 0.5) is 4.79 Å². The molecular formula is C20H20N2O6. The molecular weight excluding hydrogens is 364 g/mol. The Morgan fingerprint density at radius 2 is 1.39 bits per heavy atom. The molecule has 3 rings (SSSR count). The highest BCUT2D eigenvalue weighted by Gasteiger charge is 2.33. The molecule has 8 nitrogen and oxygen atoms in total. The molecule has 0 bridgehead atoms. The number of urea groups is 1. The predicted molar refractivity (Wildman–Crippen MR) is 100 cm³/mol. The second-order valence-electron chi connectivity index (χ2n) is 6.11. The number of amides is 2. The minimum Gasteiger partial charge on any atom is -0.478 e. The molecule has 0 unspecified atom stereocenters. The van der Waals surface area contributed by atoms with Gasteiger partial charge in [-0.3, -0.25) is 4.79 Å². The largest absolute Gasteiger partial charge is 0.478 e. The number of Topliss-reactive ketones (excluding diaryl/α,β-unsaturated/α-hetero) is 1. The van der Waals surface area contributed by atoms with Gasteiger partial charge in [0.25, 0.3) is 0 Å². The quantitative estimate of drug-likeness (QED) is 0.692. The Bertz CT molecular complexity index is 852. The Labute approximate surface area is 161 Å². The second-order valence-corrected chi connectivity index (χ2v) is 6.11. The van der Waals surface area contributed by atoms with E-state index >= 15 is 0 Å². The van der Waals surface area contributed by atoms with Crippen molar-refractivity contribution in [3.05, 3.63) is 71.3 Å². The molecule has 146 valence electrons. The predicted octanol–water partition coefficient (Wildman–Crippen LogP) is 2.50. The van der Waals surface area contributed by atoms with Crippen LogP contribution in [-0.4, -0.2) is 51.5 Å². The first-order chi connectivity index (χ1) is 13.3. The Morgan fingerprint density at radius 1 is 0.857 bits per heavy atom. The van der Waals surface area contributed by atoms with Crippen molar-refractivity contribution in [1.82, 2.24) is 4.90 Å². The van der Waals surface area contributed by atoms with E-state index in [-0.39, 0.29) is 23.0 Å². The molecule has 2 amide bonds. The standard InChI is InChI=1S/C12H14N2O2.C8H6O4/c13-12(16)14-8-4-7-10(14)11(15)9-5-2-1-3-6-9;9-7(10)5-2-1-3-6(4-5)8(11)12/h1-3,5-6,10H,4,7-8H2,(H2,13,16);1-4H,(H,9,10)(H,11,12)/t10-;/m0./s1. The lowest BCUT2D eigenvalue weighted by Gasteiger charge is -2.21. The normalized spacial score (nSPS) is 15.3. The number of hydrogen-bond acceptors (Lipinski definition) is 4. The minimum absolute atomic E-state index is 0.0168. The van der Waals surface area contributed by atoms with Crippen molar-refractivity contribution >= 4 is 23.8 Å². The summed E-state index contributed by atoms with van der Waals surface area (Å²) in [7, 11) is 0. The highest BCUT2D eigenvalue weighted by atomic mass is 16.4. The molecule has 28 heavy (non-hydrogen) atoms. The van der Waals surface area contributed by atoms with E-state index in [2.05, 4.69) is 0 Å². The number of carboxylic acid groups (broad SMARTS) is 2. The maximum atomic E-state index is 12.1. The zero-order chi connectivity index (χ0) is 20.7. The lowest BCUT2D eigenvalue weighted by atomic mass is 10.0. The number of nitrogens with zero attached hydrogens (tertiary/aromatic N) is 1. The van der Waals surface area contributed by atoms with Gasteiger partial charge < -0.3 is 20.8 Å². The highest BCUT2D eigenvalue weighted by Crippen LogP contribution is 2.20. The fourth-order valence-electron chi connectivity index (χ4n) is 2.88. The van der Waals surface area contributed by atoms with Crippen LogP contribution in [-0.2, 0) is 0 Å². The van der Waals surface area contributed by atoms with E-state index in [4.69, 9.17) is 15.9 Å². The first kappa shape index (κ1) is 20.6. The number of ketones is 1. The average molecular weight is 384 g/mol. The van der Waals surface area contributed by atoms with Gasteiger partial charge in [0, 0.05) is 12.1 Å². The van der Waals surface area contributed by atoms with Gasteiger partial charge in [-0.05, 0) is 31.0 Å². The molecule has 0 saturated carbocycles. The Kier molecular flexibility index (Phi) is 6.86. The number of carboxylic acids is 2. The molecule has 2 aromatic carbocycles. The van der Waals surface area contributed by atoms with Crippen molar-refractivity contribution in [3.8, 4) is 0 Å². The van der Waals surface area contributed by atoms with Crippen molar-refractivity contribution in [2.75, 3.05) is 6.54 Å². The molecule has 4 N–H and O–H groups in total. The summed E-state index contributed by atoms with van der Waals surface area (Å²) < 4.78 is 0. The van der Waals surface area contributed by atoms with Gasteiger partial charge in [0.15, 0.2) is 5.78 Å². The van der Waals surface area contributed by atoms with Gasteiger partial charge in [0.05, 0.1) is 17.2 Å². The summed E-state index contributed by atoms with van der Waals surface area (Å²) in [6, 6.07) is 13.3. The number of nitrogens with two attached hydrogens (primary N) is 1. The average Bonchev–Trinajstić information content (AvgIpc) is 3.19. The molecule has 2 aromatic rings. The molecule has 1 atom stereocenters. The van der Waals surface area contributed by atoms with Crippen molar-refractivity contribution in [3.63, 3.8) is 0 Å². The third kappa shape index (κ3) is 5.16. The fraction of sp³-hybridized carbons (Fsp3) is 0.200. The van der Waals surface area contributed by atoms with Gasteiger partial charge in [0.1, 0.15) is 0 Å². The van der Waals surface area contributed by atoms with Gasteiger partial charge in [-0.2, -0.15) is 0 Å². The van der Waals surface area contributed by atoms with Crippen LogP contribution < -0.4 is 5.73 Å². The lowest BCUT2D eigenvalue weighted by molar-refractivity contribution is 0.0696. The van der Waals surface area contributed by atoms with Crippen molar-refractivity contribution in [2.45, 2.75) is 18.9 Å². The number of aromatic carboxylic acids is 2. The van der Waals surface area contributed by atoms with E-state index in [9.17, 15) is 19.2 Å². The number of benzene rings is 2. The molecule has 1 saturated heterocycles. The topological polar surface area (TPSA) is 138 Å².